The van der Waals surface area contributed by atoms with Crippen molar-refractivity contribution < 1.29 is 9.53 Å². The number of methoxy groups -OCH3 is 1. The Labute approximate surface area is 90.8 Å². The van der Waals surface area contributed by atoms with Crippen molar-refractivity contribution in [2.75, 3.05) is 20.7 Å². The van der Waals surface area contributed by atoms with E-state index in [-0.39, 0.29) is 24.5 Å². The Morgan fingerprint density at radius 2 is 2.27 bits per heavy atom. The Morgan fingerprint density at radius 3 is 2.67 bits per heavy atom. The largest absolute Gasteiger partial charge is 0.380 e. The molecule has 0 aliphatic rings. The van der Waals surface area contributed by atoms with Crippen LogP contribution in [0.5, 0.6) is 0 Å². The van der Waals surface area contributed by atoms with Gasteiger partial charge < -0.3 is 15.4 Å². The van der Waals surface area contributed by atoms with Gasteiger partial charge in [-0.15, -0.1) is 0 Å². The Balaban J connectivity index is 4.14. The average molecular weight is 213 g/mol. The minimum atomic E-state index is -0.241. The highest BCUT2D eigenvalue weighted by atomic mass is 16.5. The van der Waals surface area contributed by atoms with Gasteiger partial charge in [0, 0.05) is 26.7 Å². The van der Waals surface area contributed by atoms with Crippen molar-refractivity contribution in [3.8, 4) is 6.07 Å². The predicted octanol–water partition coefficient (Wildman–Crippen LogP) is 0.111. The first-order chi connectivity index (χ1) is 7.06. The number of hydrogen-bond acceptors (Lipinski definition) is 4. The second-order valence-corrected chi connectivity index (χ2v) is 3.51. The predicted molar refractivity (Wildman–Crippen MR) is 56.9 cm³/mol. The van der Waals surface area contributed by atoms with Crippen LogP contribution in [0.4, 0.5) is 0 Å². The van der Waals surface area contributed by atoms with Gasteiger partial charge in [0.2, 0.25) is 5.91 Å². The van der Waals surface area contributed by atoms with E-state index in [1.165, 1.54) is 7.11 Å². The number of ether oxygens (including phenoxy) is 1. The van der Waals surface area contributed by atoms with Crippen molar-refractivity contribution in [3.63, 3.8) is 0 Å². The molecule has 0 rings (SSSR count). The molecule has 0 fully saturated rings. The SMILES string of the molecule is COC(CN)CC(=O)N(C)C(C)CC#N. The van der Waals surface area contributed by atoms with Gasteiger partial charge in [0.15, 0.2) is 0 Å². The van der Waals surface area contributed by atoms with E-state index in [2.05, 4.69) is 0 Å². The zero-order valence-corrected chi connectivity index (χ0v) is 9.56. The van der Waals surface area contributed by atoms with Crippen LogP contribution in [0.3, 0.4) is 0 Å². The topological polar surface area (TPSA) is 79.3 Å². The first-order valence-electron chi connectivity index (χ1n) is 4.92. The summed E-state index contributed by atoms with van der Waals surface area (Å²) in [6.45, 7) is 2.16. The van der Waals surface area contributed by atoms with Gasteiger partial charge in [0.05, 0.1) is 25.0 Å². The number of carbonyl (C=O) groups excluding carboxylic acids is 1. The zero-order chi connectivity index (χ0) is 11.8. The fraction of sp³-hybridized carbons (Fsp3) is 0.800. The number of amides is 1. The molecule has 0 saturated heterocycles. The van der Waals surface area contributed by atoms with E-state index in [1.54, 1.807) is 11.9 Å². The first kappa shape index (κ1) is 13.9. The summed E-state index contributed by atoms with van der Waals surface area (Å²) in [4.78, 5) is 13.2. The lowest BCUT2D eigenvalue weighted by molar-refractivity contribution is -0.134. The average Bonchev–Trinajstić information content (AvgIpc) is 2.24. The van der Waals surface area contributed by atoms with Gasteiger partial charge in [-0.2, -0.15) is 5.26 Å². The standard InChI is InChI=1S/C10H19N3O2/c1-8(4-5-11)13(2)10(14)6-9(7-12)15-3/h8-9H,4,6-7,12H2,1-3H3. The first-order valence-corrected chi connectivity index (χ1v) is 4.92. The van der Waals surface area contributed by atoms with Crippen molar-refractivity contribution in [2.24, 2.45) is 5.73 Å². The molecule has 0 radical (unpaired) electrons. The lowest BCUT2D eigenvalue weighted by Crippen LogP contribution is -2.38. The molecular formula is C10H19N3O2. The summed E-state index contributed by atoms with van der Waals surface area (Å²) in [5, 5.41) is 8.51. The van der Waals surface area contributed by atoms with Gasteiger partial charge in [-0.25, -0.2) is 0 Å². The Kier molecular flexibility index (Phi) is 6.67. The van der Waals surface area contributed by atoms with Crippen LogP contribution in [0.2, 0.25) is 0 Å². The Morgan fingerprint density at radius 1 is 1.67 bits per heavy atom. The second-order valence-electron chi connectivity index (χ2n) is 3.51. The lowest BCUT2D eigenvalue weighted by Gasteiger charge is -2.24. The minimum Gasteiger partial charge on any atom is -0.380 e. The summed E-state index contributed by atoms with van der Waals surface area (Å²) in [6.07, 6.45) is 0.358. The van der Waals surface area contributed by atoms with Crippen LogP contribution in [0.1, 0.15) is 19.8 Å². The van der Waals surface area contributed by atoms with Gasteiger partial charge in [-0.3, -0.25) is 4.79 Å². The van der Waals surface area contributed by atoms with Crippen molar-refractivity contribution in [1.82, 2.24) is 4.90 Å². The molecule has 0 aromatic carbocycles. The molecule has 1 amide bonds. The van der Waals surface area contributed by atoms with E-state index in [9.17, 15) is 4.79 Å². The van der Waals surface area contributed by atoms with Crippen molar-refractivity contribution >= 4 is 5.91 Å². The second kappa shape index (κ2) is 7.21. The van der Waals surface area contributed by atoms with Crippen LogP contribution in [0, 0.1) is 11.3 Å². The van der Waals surface area contributed by atoms with E-state index >= 15 is 0 Å². The molecule has 15 heavy (non-hydrogen) atoms. The normalized spacial score (nSPS) is 14.1. The van der Waals surface area contributed by atoms with E-state index in [0.717, 1.165) is 0 Å². The molecule has 0 spiro atoms. The summed E-state index contributed by atoms with van der Waals surface area (Å²) >= 11 is 0. The summed E-state index contributed by atoms with van der Waals surface area (Å²) in [7, 11) is 3.22. The van der Waals surface area contributed by atoms with E-state index in [4.69, 9.17) is 15.7 Å². The maximum Gasteiger partial charge on any atom is 0.225 e. The van der Waals surface area contributed by atoms with E-state index < -0.39 is 0 Å². The summed E-state index contributed by atoms with van der Waals surface area (Å²) in [5.41, 5.74) is 5.42. The molecule has 0 saturated carbocycles. The highest BCUT2D eigenvalue weighted by molar-refractivity contribution is 5.76. The molecule has 0 aliphatic carbocycles. The van der Waals surface area contributed by atoms with Gasteiger partial charge in [0.25, 0.3) is 0 Å². The molecule has 86 valence electrons. The molecule has 0 aromatic rings. The van der Waals surface area contributed by atoms with E-state index in [1.807, 2.05) is 13.0 Å². The number of hydrogen-bond donors (Lipinski definition) is 1. The van der Waals surface area contributed by atoms with Crippen LogP contribution in [-0.4, -0.2) is 43.7 Å². The molecule has 2 unspecified atom stereocenters. The third-order valence-electron chi connectivity index (χ3n) is 2.44. The number of nitriles is 1. The maximum atomic E-state index is 11.7. The minimum absolute atomic E-state index is 0.0462. The fourth-order valence-corrected chi connectivity index (χ4v) is 1.12. The molecule has 0 heterocycles. The van der Waals surface area contributed by atoms with Crippen LogP contribution in [0.15, 0.2) is 0 Å². The molecule has 0 aliphatic heterocycles. The van der Waals surface area contributed by atoms with Gasteiger partial charge >= 0.3 is 0 Å². The van der Waals surface area contributed by atoms with Crippen LogP contribution < -0.4 is 5.73 Å². The van der Waals surface area contributed by atoms with Crippen LogP contribution in [-0.2, 0) is 9.53 Å². The quantitative estimate of drug-likeness (QED) is 0.679. The van der Waals surface area contributed by atoms with E-state index in [0.29, 0.717) is 13.0 Å². The zero-order valence-electron chi connectivity index (χ0n) is 9.56. The molecule has 2 atom stereocenters. The number of nitrogens with two attached hydrogens (primary N) is 1. The Hall–Kier alpha value is -1.12. The fourth-order valence-electron chi connectivity index (χ4n) is 1.12. The van der Waals surface area contributed by atoms with Gasteiger partial charge in [0.1, 0.15) is 0 Å². The smallest absolute Gasteiger partial charge is 0.225 e. The summed E-state index contributed by atoms with van der Waals surface area (Å²) in [6, 6.07) is 1.96. The molecular weight excluding hydrogens is 194 g/mol. The van der Waals surface area contributed by atoms with Gasteiger partial charge in [-0.1, -0.05) is 0 Å². The number of nitrogens with zero attached hydrogens (tertiary/aromatic N) is 2. The van der Waals surface area contributed by atoms with Crippen LogP contribution in [0.25, 0.3) is 0 Å². The number of rotatable bonds is 6. The van der Waals surface area contributed by atoms with Crippen molar-refractivity contribution in [1.29, 1.82) is 5.26 Å². The molecule has 2 N–H and O–H groups in total. The highest BCUT2D eigenvalue weighted by Gasteiger charge is 2.18. The third kappa shape index (κ3) is 4.77. The number of carbonyl (C=O) groups is 1. The molecule has 0 aromatic heterocycles. The molecule has 5 nitrogen and oxygen atoms in total. The molecule has 0 bridgehead atoms. The highest BCUT2D eigenvalue weighted by Crippen LogP contribution is 2.05. The summed E-state index contributed by atoms with van der Waals surface area (Å²) in [5.74, 6) is -0.0462. The lowest BCUT2D eigenvalue weighted by atomic mass is 10.2. The third-order valence-corrected chi connectivity index (χ3v) is 2.44. The van der Waals surface area contributed by atoms with Gasteiger partial charge in [-0.05, 0) is 6.92 Å². The van der Waals surface area contributed by atoms with Crippen molar-refractivity contribution in [3.05, 3.63) is 0 Å². The Bertz CT molecular complexity index is 233. The molecule has 5 heteroatoms. The summed E-state index contributed by atoms with van der Waals surface area (Å²) < 4.78 is 5.02. The monoisotopic (exact) mass is 213 g/mol. The van der Waals surface area contributed by atoms with Crippen LogP contribution >= 0.6 is 0 Å². The maximum absolute atomic E-state index is 11.7. The van der Waals surface area contributed by atoms with Crippen molar-refractivity contribution in [2.45, 2.75) is 31.9 Å².